The van der Waals surface area contributed by atoms with E-state index >= 15 is 0 Å². The molecule has 2 heterocycles. The van der Waals surface area contributed by atoms with Crippen LogP contribution in [0, 0.1) is 5.82 Å². The number of carbonyl (C=O) groups is 2. The summed E-state index contributed by atoms with van der Waals surface area (Å²) in [7, 11) is 0. The van der Waals surface area contributed by atoms with Crippen molar-refractivity contribution in [2.75, 3.05) is 39.4 Å². The number of halogens is 1. The van der Waals surface area contributed by atoms with E-state index in [1.165, 1.54) is 24.3 Å². The first-order valence-electron chi connectivity index (χ1n) is 7.64. The molecule has 3 rings (SSSR count). The molecule has 0 bridgehead atoms. The van der Waals surface area contributed by atoms with Gasteiger partial charge in [-0.25, -0.2) is 4.39 Å². The Balaban J connectivity index is 1.65. The van der Waals surface area contributed by atoms with Gasteiger partial charge in [0.25, 0.3) is 5.91 Å². The Morgan fingerprint density at radius 1 is 1.13 bits per heavy atom. The van der Waals surface area contributed by atoms with Crippen molar-refractivity contribution in [2.45, 2.75) is 12.0 Å². The molecule has 7 heteroatoms. The average molecular weight is 322 g/mol. The van der Waals surface area contributed by atoms with Crippen LogP contribution in [0.4, 0.5) is 4.39 Å². The molecule has 2 aliphatic heterocycles. The SMILES string of the molecule is O=C(c1ccc(F)cc1)N1CCN(C2(C(=O)O)CCOC2)CC1. The summed E-state index contributed by atoms with van der Waals surface area (Å²) in [5, 5.41) is 9.56. The number of amides is 1. The van der Waals surface area contributed by atoms with Crippen LogP contribution in [0.3, 0.4) is 0 Å². The average Bonchev–Trinajstić information content (AvgIpc) is 3.06. The Labute approximate surface area is 133 Å². The molecular formula is C16H19FN2O4. The maximum absolute atomic E-state index is 12.9. The second-order valence-corrected chi connectivity index (χ2v) is 5.93. The summed E-state index contributed by atoms with van der Waals surface area (Å²) in [4.78, 5) is 27.6. The molecule has 1 aromatic carbocycles. The molecule has 1 unspecified atom stereocenters. The number of carboxylic acids is 1. The largest absolute Gasteiger partial charge is 0.480 e. The van der Waals surface area contributed by atoms with Crippen molar-refractivity contribution in [1.82, 2.24) is 9.80 Å². The maximum Gasteiger partial charge on any atom is 0.326 e. The van der Waals surface area contributed by atoms with Crippen LogP contribution in [0.15, 0.2) is 24.3 Å². The number of piperazine rings is 1. The highest BCUT2D eigenvalue weighted by atomic mass is 19.1. The fraction of sp³-hybridized carbons (Fsp3) is 0.500. The fourth-order valence-electron chi connectivity index (χ4n) is 3.22. The fourth-order valence-corrected chi connectivity index (χ4v) is 3.22. The first-order valence-corrected chi connectivity index (χ1v) is 7.64. The molecule has 23 heavy (non-hydrogen) atoms. The molecule has 0 spiro atoms. The van der Waals surface area contributed by atoms with Crippen molar-refractivity contribution in [3.8, 4) is 0 Å². The maximum atomic E-state index is 12.9. The van der Waals surface area contributed by atoms with Gasteiger partial charge in [-0.05, 0) is 24.3 Å². The van der Waals surface area contributed by atoms with Crippen molar-refractivity contribution in [3.63, 3.8) is 0 Å². The predicted octanol–water partition coefficient (Wildman–Crippen LogP) is 0.827. The molecule has 0 aromatic heterocycles. The van der Waals surface area contributed by atoms with Crippen LogP contribution < -0.4 is 0 Å². The molecule has 2 aliphatic rings. The zero-order valence-electron chi connectivity index (χ0n) is 12.7. The summed E-state index contributed by atoms with van der Waals surface area (Å²) < 4.78 is 18.2. The predicted molar refractivity (Wildman–Crippen MR) is 79.7 cm³/mol. The quantitative estimate of drug-likeness (QED) is 0.892. The third kappa shape index (κ3) is 2.94. The van der Waals surface area contributed by atoms with Gasteiger partial charge in [-0.1, -0.05) is 0 Å². The molecule has 0 aliphatic carbocycles. The first-order chi connectivity index (χ1) is 11.0. The smallest absolute Gasteiger partial charge is 0.326 e. The Morgan fingerprint density at radius 3 is 2.30 bits per heavy atom. The van der Waals surface area contributed by atoms with E-state index in [0.717, 1.165) is 0 Å². The number of carbonyl (C=O) groups excluding carboxylic acids is 1. The summed E-state index contributed by atoms with van der Waals surface area (Å²) in [5.41, 5.74) is -0.526. The molecule has 6 nitrogen and oxygen atoms in total. The molecule has 124 valence electrons. The zero-order chi connectivity index (χ0) is 16.4. The minimum atomic E-state index is -0.967. The molecule has 2 saturated heterocycles. The topological polar surface area (TPSA) is 70.1 Å². The van der Waals surface area contributed by atoms with Crippen LogP contribution in [0.1, 0.15) is 16.8 Å². The van der Waals surface area contributed by atoms with Crippen LogP contribution in [0.5, 0.6) is 0 Å². The van der Waals surface area contributed by atoms with Crippen LogP contribution in [0.25, 0.3) is 0 Å². The van der Waals surface area contributed by atoms with E-state index in [2.05, 4.69) is 0 Å². The van der Waals surface area contributed by atoms with E-state index in [1.807, 2.05) is 4.90 Å². The zero-order valence-corrected chi connectivity index (χ0v) is 12.7. The summed E-state index contributed by atoms with van der Waals surface area (Å²) in [6.45, 7) is 2.51. The molecule has 0 radical (unpaired) electrons. The highest BCUT2D eigenvalue weighted by molar-refractivity contribution is 5.94. The standard InChI is InChI=1S/C16H19FN2O4/c17-13-3-1-12(2-4-13)14(20)18-6-8-19(9-7-18)16(15(21)22)5-10-23-11-16/h1-4H,5-11H2,(H,21,22). The second kappa shape index (κ2) is 6.25. The monoisotopic (exact) mass is 322 g/mol. The molecule has 1 N–H and O–H groups in total. The van der Waals surface area contributed by atoms with E-state index < -0.39 is 11.5 Å². The molecule has 2 fully saturated rings. The summed E-state index contributed by atoms with van der Waals surface area (Å²) in [6, 6.07) is 5.46. The lowest BCUT2D eigenvalue weighted by Gasteiger charge is -2.42. The number of benzene rings is 1. The van der Waals surface area contributed by atoms with Crippen molar-refractivity contribution >= 4 is 11.9 Å². The third-order valence-electron chi connectivity index (χ3n) is 4.66. The summed E-state index contributed by atoms with van der Waals surface area (Å²) >= 11 is 0. The van der Waals surface area contributed by atoms with Gasteiger partial charge in [0.1, 0.15) is 11.4 Å². The number of carboxylic acid groups (broad SMARTS) is 1. The van der Waals surface area contributed by atoms with Crippen LogP contribution in [-0.4, -0.2) is 71.7 Å². The van der Waals surface area contributed by atoms with Gasteiger partial charge in [0.05, 0.1) is 6.61 Å². The number of ether oxygens (including phenoxy) is 1. The lowest BCUT2D eigenvalue weighted by Crippen LogP contribution is -2.61. The van der Waals surface area contributed by atoms with E-state index in [1.54, 1.807) is 4.90 Å². The number of aliphatic carboxylic acids is 1. The lowest BCUT2D eigenvalue weighted by molar-refractivity contribution is -0.152. The number of nitrogens with zero attached hydrogens (tertiary/aromatic N) is 2. The van der Waals surface area contributed by atoms with Gasteiger partial charge in [-0.2, -0.15) is 0 Å². The van der Waals surface area contributed by atoms with Crippen molar-refractivity contribution in [1.29, 1.82) is 0 Å². The second-order valence-electron chi connectivity index (χ2n) is 5.93. The van der Waals surface area contributed by atoms with Crippen molar-refractivity contribution in [2.24, 2.45) is 0 Å². The van der Waals surface area contributed by atoms with Gasteiger partial charge < -0.3 is 14.7 Å². The third-order valence-corrected chi connectivity index (χ3v) is 4.66. The number of hydrogen-bond acceptors (Lipinski definition) is 4. The van der Waals surface area contributed by atoms with Crippen LogP contribution in [0.2, 0.25) is 0 Å². The Hall–Kier alpha value is -1.99. The van der Waals surface area contributed by atoms with Crippen LogP contribution >= 0.6 is 0 Å². The number of hydrogen-bond donors (Lipinski definition) is 1. The minimum absolute atomic E-state index is 0.156. The lowest BCUT2D eigenvalue weighted by atomic mass is 9.95. The van der Waals surface area contributed by atoms with Crippen molar-refractivity contribution < 1.29 is 23.8 Å². The summed E-state index contributed by atoms with van der Waals surface area (Å²) in [5.74, 6) is -1.40. The van der Waals surface area contributed by atoms with E-state index in [4.69, 9.17) is 4.74 Å². The Morgan fingerprint density at radius 2 is 1.78 bits per heavy atom. The highest BCUT2D eigenvalue weighted by Crippen LogP contribution is 2.28. The van der Waals surface area contributed by atoms with E-state index in [9.17, 15) is 19.1 Å². The summed E-state index contributed by atoms with van der Waals surface area (Å²) in [6.07, 6.45) is 0.467. The van der Waals surface area contributed by atoms with Gasteiger partial charge in [0.2, 0.25) is 0 Å². The van der Waals surface area contributed by atoms with Crippen LogP contribution in [-0.2, 0) is 9.53 Å². The molecule has 1 aromatic rings. The van der Waals surface area contributed by atoms with E-state index in [0.29, 0.717) is 44.8 Å². The van der Waals surface area contributed by atoms with Gasteiger partial charge in [0, 0.05) is 44.8 Å². The minimum Gasteiger partial charge on any atom is -0.480 e. The van der Waals surface area contributed by atoms with Gasteiger partial charge >= 0.3 is 5.97 Å². The molecule has 1 amide bonds. The molecule has 1 atom stereocenters. The van der Waals surface area contributed by atoms with Gasteiger partial charge in [-0.15, -0.1) is 0 Å². The highest BCUT2D eigenvalue weighted by Gasteiger charge is 2.48. The molecular weight excluding hydrogens is 303 g/mol. The van der Waals surface area contributed by atoms with Gasteiger partial charge in [-0.3, -0.25) is 14.5 Å². The Bertz CT molecular complexity index is 591. The molecule has 0 saturated carbocycles. The van der Waals surface area contributed by atoms with Crippen molar-refractivity contribution in [3.05, 3.63) is 35.6 Å². The Kier molecular flexibility index (Phi) is 4.32. The first kappa shape index (κ1) is 15.9. The number of rotatable bonds is 3. The van der Waals surface area contributed by atoms with Gasteiger partial charge in [0.15, 0.2) is 0 Å². The normalized spacial score (nSPS) is 25.5. The van der Waals surface area contributed by atoms with E-state index in [-0.39, 0.29) is 18.3 Å².